The van der Waals surface area contributed by atoms with Gasteiger partial charge in [-0.15, -0.1) is 0 Å². The van der Waals surface area contributed by atoms with Gasteiger partial charge in [-0.25, -0.2) is 0 Å². The summed E-state index contributed by atoms with van der Waals surface area (Å²) >= 11 is 0. The Kier molecular flexibility index (Phi) is 5.03. The summed E-state index contributed by atoms with van der Waals surface area (Å²) in [5, 5.41) is 0. The maximum atomic E-state index is 12.9. The van der Waals surface area contributed by atoms with Gasteiger partial charge < -0.3 is 14.4 Å². The van der Waals surface area contributed by atoms with Crippen molar-refractivity contribution >= 4 is 11.7 Å². The molecule has 25 heavy (non-hydrogen) atoms. The number of Topliss-reactive ketones (excluding diaryl/α,β-unsaturated/α-hetero) is 1. The molecule has 5 heteroatoms. The van der Waals surface area contributed by atoms with Crippen molar-refractivity contribution in [3.63, 3.8) is 0 Å². The molecule has 1 unspecified atom stereocenters. The fourth-order valence-electron chi connectivity index (χ4n) is 3.21. The van der Waals surface area contributed by atoms with Crippen molar-refractivity contribution in [1.29, 1.82) is 0 Å². The van der Waals surface area contributed by atoms with Crippen LogP contribution in [0.1, 0.15) is 33.6 Å². The first-order valence-electron chi connectivity index (χ1n) is 8.28. The maximum Gasteiger partial charge on any atom is 0.258 e. The average Bonchev–Trinajstić information content (AvgIpc) is 3.16. The second-order valence-electron chi connectivity index (χ2n) is 5.95. The topological polar surface area (TPSA) is 55.8 Å². The van der Waals surface area contributed by atoms with E-state index in [0.29, 0.717) is 35.6 Å². The Labute approximate surface area is 147 Å². The number of para-hydroxylation sites is 1. The molecule has 0 saturated carbocycles. The zero-order valence-electron chi connectivity index (χ0n) is 14.4. The van der Waals surface area contributed by atoms with E-state index in [4.69, 9.17) is 9.47 Å². The molecule has 2 aromatic rings. The van der Waals surface area contributed by atoms with Gasteiger partial charge in [0.25, 0.3) is 5.91 Å². The molecule has 5 nitrogen and oxygen atoms in total. The molecule has 0 bridgehead atoms. The molecule has 130 valence electrons. The minimum atomic E-state index is -0.439. The number of ether oxygens (including phenoxy) is 2. The van der Waals surface area contributed by atoms with Crippen LogP contribution < -0.4 is 9.47 Å². The molecule has 1 aliphatic heterocycles. The average molecular weight is 339 g/mol. The summed E-state index contributed by atoms with van der Waals surface area (Å²) in [5.41, 5.74) is 1.07. The summed E-state index contributed by atoms with van der Waals surface area (Å²) in [6, 6.07) is 13.7. The Hall–Kier alpha value is -2.82. The summed E-state index contributed by atoms with van der Waals surface area (Å²) in [5.74, 6) is 1.02. The normalized spacial score (nSPS) is 16.6. The third kappa shape index (κ3) is 3.36. The van der Waals surface area contributed by atoms with Gasteiger partial charge >= 0.3 is 0 Å². The minimum Gasteiger partial charge on any atom is -0.497 e. The molecule has 1 heterocycles. The number of methoxy groups -OCH3 is 2. The van der Waals surface area contributed by atoms with Crippen molar-refractivity contribution in [1.82, 2.24) is 4.90 Å². The summed E-state index contributed by atoms with van der Waals surface area (Å²) in [7, 11) is 3.12. The highest BCUT2D eigenvalue weighted by Crippen LogP contribution is 2.27. The van der Waals surface area contributed by atoms with Gasteiger partial charge in [-0.1, -0.05) is 12.1 Å². The molecule has 1 saturated heterocycles. The second kappa shape index (κ2) is 7.38. The fraction of sp³-hybridized carbons (Fsp3) is 0.300. The first-order valence-corrected chi connectivity index (χ1v) is 8.28. The number of amides is 1. The van der Waals surface area contributed by atoms with E-state index in [9.17, 15) is 9.59 Å². The molecule has 1 fully saturated rings. The number of rotatable bonds is 5. The Balaban J connectivity index is 1.84. The van der Waals surface area contributed by atoms with Crippen molar-refractivity contribution in [2.75, 3.05) is 20.8 Å². The molecule has 1 atom stereocenters. The van der Waals surface area contributed by atoms with E-state index in [-0.39, 0.29) is 11.7 Å². The van der Waals surface area contributed by atoms with Gasteiger partial charge in [-0.2, -0.15) is 0 Å². The van der Waals surface area contributed by atoms with Gasteiger partial charge in [-0.05, 0) is 49.2 Å². The Bertz CT molecular complexity index is 770. The van der Waals surface area contributed by atoms with Crippen LogP contribution in [0.25, 0.3) is 0 Å². The van der Waals surface area contributed by atoms with Crippen molar-refractivity contribution in [3.05, 3.63) is 59.7 Å². The van der Waals surface area contributed by atoms with Gasteiger partial charge in [0.05, 0.1) is 25.8 Å². The zero-order valence-corrected chi connectivity index (χ0v) is 14.4. The zero-order chi connectivity index (χ0) is 17.8. The van der Waals surface area contributed by atoms with Gasteiger partial charge in [0.1, 0.15) is 11.5 Å². The van der Waals surface area contributed by atoms with E-state index in [0.717, 1.165) is 6.42 Å². The molecule has 0 radical (unpaired) electrons. The van der Waals surface area contributed by atoms with E-state index in [1.54, 1.807) is 54.5 Å². The molecule has 0 spiro atoms. The van der Waals surface area contributed by atoms with Crippen LogP contribution >= 0.6 is 0 Å². The van der Waals surface area contributed by atoms with Crippen molar-refractivity contribution in [2.24, 2.45) is 0 Å². The second-order valence-corrected chi connectivity index (χ2v) is 5.95. The van der Waals surface area contributed by atoms with Crippen LogP contribution in [0.5, 0.6) is 11.5 Å². The lowest BCUT2D eigenvalue weighted by Crippen LogP contribution is -2.40. The number of likely N-dealkylation sites (tertiary alicyclic amines) is 1. The number of hydrogen-bond donors (Lipinski definition) is 0. The molecule has 0 aromatic heterocycles. The molecule has 0 N–H and O–H groups in total. The highest BCUT2D eigenvalue weighted by atomic mass is 16.5. The molecule has 2 aromatic carbocycles. The summed E-state index contributed by atoms with van der Waals surface area (Å²) in [6.45, 7) is 0.573. The van der Waals surface area contributed by atoms with Gasteiger partial charge in [0.2, 0.25) is 0 Å². The molecule has 0 aliphatic carbocycles. The van der Waals surface area contributed by atoms with Crippen LogP contribution in [0.2, 0.25) is 0 Å². The van der Waals surface area contributed by atoms with Crippen LogP contribution in [0, 0.1) is 0 Å². The predicted octanol–water partition coefficient (Wildman–Crippen LogP) is 3.19. The third-order valence-electron chi connectivity index (χ3n) is 4.53. The Morgan fingerprint density at radius 1 is 1.00 bits per heavy atom. The predicted molar refractivity (Wildman–Crippen MR) is 94.4 cm³/mol. The van der Waals surface area contributed by atoms with Gasteiger partial charge in [0, 0.05) is 12.1 Å². The van der Waals surface area contributed by atoms with E-state index in [2.05, 4.69) is 0 Å². The lowest BCUT2D eigenvalue weighted by molar-refractivity contribution is 0.0669. The lowest BCUT2D eigenvalue weighted by Gasteiger charge is -2.24. The minimum absolute atomic E-state index is 0.0385. The van der Waals surface area contributed by atoms with Crippen LogP contribution in [0.3, 0.4) is 0 Å². The number of ketones is 1. The van der Waals surface area contributed by atoms with E-state index in [1.807, 2.05) is 6.07 Å². The fourth-order valence-corrected chi connectivity index (χ4v) is 3.21. The molecule has 1 aliphatic rings. The highest BCUT2D eigenvalue weighted by molar-refractivity contribution is 6.05. The number of benzene rings is 2. The molecular formula is C20H21NO4. The first-order chi connectivity index (χ1) is 12.2. The van der Waals surface area contributed by atoms with Crippen molar-refractivity contribution in [2.45, 2.75) is 18.9 Å². The molecule has 1 amide bonds. The van der Waals surface area contributed by atoms with Crippen LogP contribution in [-0.2, 0) is 0 Å². The Morgan fingerprint density at radius 2 is 1.72 bits per heavy atom. The number of hydrogen-bond acceptors (Lipinski definition) is 4. The van der Waals surface area contributed by atoms with Gasteiger partial charge in [0.15, 0.2) is 5.78 Å². The largest absolute Gasteiger partial charge is 0.497 e. The van der Waals surface area contributed by atoms with Crippen molar-refractivity contribution in [3.8, 4) is 11.5 Å². The Morgan fingerprint density at radius 3 is 2.40 bits per heavy atom. The van der Waals surface area contributed by atoms with E-state index < -0.39 is 6.04 Å². The maximum absolute atomic E-state index is 12.9. The quantitative estimate of drug-likeness (QED) is 0.785. The summed E-state index contributed by atoms with van der Waals surface area (Å²) in [4.78, 5) is 27.5. The van der Waals surface area contributed by atoms with Crippen LogP contribution in [-0.4, -0.2) is 43.4 Å². The SMILES string of the molecule is COc1ccc(C(=O)C2CCCN2C(=O)c2ccccc2OC)cc1. The van der Waals surface area contributed by atoms with Crippen LogP contribution in [0.15, 0.2) is 48.5 Å². The third-order valence-corrected chi connectivity index (χ3v) is 4.53. The standard InChI is InChI=1S/C20H21NO4/c1-24-15-11-9-14(10-12-15)19(22)17-7-5-13-21(17)20(23)16-6-3-4-8-18(16)25-2/h3-4,6,8-12,17H,5,7,13H2,1-2H3. The number of nitrogens with zero attached hydrogens (tertiary/aromatic N) is 1. The van der Waals surface area contributed by atoms with Crippen LogP contribution in [0.4, 0.5) is 0 Å². The monoisotopic (exact) mass is 339 g/mol. The highest BCUT2D eigenvalue weighted by Gasteiger charge is 2.35. The lowest BCUT2D eigenvalue weighted by atomic mass is 10.0. The number of carbonyl (C=O) groups is 2. The number of carbonyl (C=O) groups excluding carboxylic acids is 2. The summed E-state index contributed by atoms with van der Waals surface area (Å²) in [6.07, 6.45) is 1.49. The smallest absolute Gasteiger partial charge is 0.258 e. The van der Waals surface area contributed by atoms with Crippen molar-refractivity contribution < 1.29 is 19.1 Å². The molecular weight excluding hydrogens is 318 g/mol. The first kappa shape index (κ1) is 17.0. The van der Waals surface area contributed by atoms with E-state index >= 15 is 0 Å². The molecule has 3 rings (SSSR count). The van der Waals surface area contributed by atoms with E-state index in [1.165, 1.54) is 7.11 Å². The summed E-state index contributed by atoms with van der Waals surface area (Å²) < 4.78 is 10.4. The van der Waals surface area contributed by atoms with Gasteiger partial charge in [-0.3, -0.25) is 9.59 Å².